The Kier molecular flexibility index (Phi) is 6.68. The van der Waals surface area contributed by atoms with Gasteiger partial charge in [0.2, 0.25) is 5.43 Å². The largest absolute Gasteiger partial charge is 0.487 e. The van der Waals surface area contributed by atoms with Gasteiger partial charge in [-0.2, -0.15) is 0 Å². The summed E-state index contributed by atoms with van der Waals surface area (Å²) in [5, 5.41) is 17.3. The Morgan fingerprint density at radius 1 is 1.26 bits per heavy atom. The summed E-state index contributed by atoms with van der Waals surface area (Å²) in [5.74, 6) is -2.13. The molecule has 0 bridgehead atoms. The van der Waals surface area contributed by atoms with Crippen molar-refractivity contribution < 1.29 is 28.3 Å². The molecule has 2 N–H and O–H groups in total. The van der Waals surface area contributed by atoms with E-state index in [2.05, 4.69) is 10.5 Å². The van der Waals surface area contributed by atoms with Gasteiger partial charge in [-0.1, -0.05) is 35.5 Å². The van der Waals surface area contributed by atoms with E-state index >= 15 is 4.39 Å². The first-order valence-electron chi connectivity index (χ1n) is 13.0. The molecule has 0 amide bonds. The quantitative estimate of drug-likeness (QED) is 0.402. The Hall–Kier alpha value is -3.99. The lowest BCUT2D eigenvalue weighted by Crippen LogP contribution is -2.32. The van der Waals surface area contributed by atoms with Crippen LogP contribution in [0.3, 0.4) is 0 Å². The number of nitrogens with one attached hydrogen (secondary N) is 1. The maximum absolute atomic E-state index is 15.7. The predicted molar refractivity (Wildman–Crippen MR) is 141 cm³/mol. The van der Waals surface area contributed by atoms with Crippen molar-refractivity contribution in [1.29, 1.82) is 0 Å². The van der Waals surface area contributed by atoms with Gasteiger partial charge < -0.3 is 29.5 Å². The molecule has 39 heavy (non-hydrogen) atoms. The van der Waals surface area contributed by atoms with Crippen LogP contribution in [0.5, 0.6) is 5.75 Å². The molecule has 2 atom stereocenters. The fourth-order valence-corrected chi connectivity index (χ4v) is 5.27. The number of carbonyl (C=O) groups is 1. The highest BCUT2D eigenvalue weighted by molar-refractivity contribution is 5.99. The number of carboxylic acid groups (broad SMARTS) is 1. The summed E-state index contributed by atoms with van der Waals surface area (Å²) in [5.41, 5.74) is 0.673. The molecule has 6 rings (SSSR count). The molecular weight excluding hydrogens is 510 g/mol. The summed E-state index contributed by atoms with van der Waals surface area (Å²) in [7, 11) is 0. The van der Waals surface area contributed by atoms with E-state index < -0.39 is 35.5 Å². The number of oxime groups is 1. The normalized spacial score (nSPS) is 21.4. The number of anilines is 1. The molecule has 1 unspecified atom stereocenters. The van der Waals surface area contributed by atoms with Crippen LogP contribution in [0.4, 0.5) is 14.5 Å². The Labute approximate surface area is 222 Å². The van der Waals surface area contributed by atoms with Crippen molar-refractivity contribution in [2.45, 2.75) is 31.5 Å². The van der Waals surface area contributed by atoms with Crippen LogP contribution in [-0.2, 0) is 11.4 Å². The molecule has 204 valence electrons. The molecule has 3 aromatic rings. The number of ether oxygens (including phenoxy) is 1. The number of pyridine rings is 1. The van der Waals surface area contributed by atoms with E-state index in [1.807, 2.05) is 30.3 Å². The van der Waals surface area contributed by atoms with Crippen LogP contribution in [0, 0.1) is 11.7 Å². The fourth-order valence-electron chi connectivity index (χ4n) is 5.27. The van der Waals surface area contributed by atoms with Crippen molar-refractivity contribution in [2.24, 2.45) is 11.1 Å². The van der Waals surface area contributed by atoms with Crippen LogP contribution >= 0.6 is 0 Å². The molecule has 0 radical (unpaired) electrons. The van der Waals surface area contributed by atoms with E-state index in [1.165, 1.54) is 4.57 Å². The van der Waals surface area contributed by atoms with Gasteiger partial charge in [0.1, 0.15) is 31.1 Å². The molecule has 2 aliphatic heterocycles. The van der Waals surface area contributed by atoms with Gasteiger partial charge in [-0.3, -0.25) is 4.79 Å². The summed E-state index contributed by atoms with van der Waals surface area (Å²) in [6.07, 6.45) is 3.37. The van der Waals surface area contributed by atoms with E-state index in [9.17, 15) is 19.1 Å². The average Bonchev–Trinajstić information content (AvgIpc) is 3.68. The molecule has 3 heterocycles. The number of hydrogen-bond acceptors (Lipinski definition) is 7. The van der Waals surface area contributed by atoms with Crippen LogP contribution in [-0.4, -0.2) is 60.3 Å². The molecule has 9 nitrogen and oxygen atoms in total. The van der Waals surface area contributed by atoms with Gasteiger partial charge >= 0.3 is 5.97 Å². The minimum Gasteiger partial charge on any atom is -0.487 e. The zero-order valence-corrected chi connectivity index (χ0v) is 21.1. The topological polar surface area (TPSA) is 105 Å². The van der Waals surface area contributed by atoms with Crippen molar-refractivity contribution in [1.82, 2.24) is 9.88 Å². The minimum atomic E-state index is -1.46. The second-order valence-corrected chi connectivity index (χ2v) is 10.2. The molecule has 3 aliphatic rings. The highest BCUT2D eigenvalue weighted by atomic mass is 19.1. The van der Waals surface area contributed by atoms with Gasteiger partial charge in [0, 0.05) is 31.2 Å². The van der Waals surface area contributed by atoms with Gasteiger partial charge in [-0.05, 0) is 24.5 Å². The van der Waals surface area contributed by atoms with Crippen molar-refractivity contribution in [2.75, 3.05) is 37.8 Å². The molecule has 1 aliphatic carbocycles. The lowest BCUT2D eigenvalue weighted by molar-refractivity contribution is 0.0694. The molecule has 11 heteroatoms. The number of nitrogens with zero attached hydrogens (tertiary/aromatic N) is 3. The first-order chi connectivity index (χ1) is 18.9. The van der Waals surface area contributed by atoms with Crippen LogP contribution in [0.15, 0.2) is 52.5 Å². The molecule has 2 fully saturated rings. The number of carboxylic acids is 1. The molecule has 2 aromatic carbocycles. The smallest absolute Gasteiger partial charge is 0.341 e. The monoisotopic (exact) mass is 538 g/mol. The Morgan fingerprint density at radius 2 is 2.05 bits per heavy atom. The van der Waals surface area contributed by atoms with Crippen LogP contribution in [0.2, 0.25) is 0 Å². The number of benzene rings is 2. The molecule has 1 saturated carbocycles. The predicted octanol–water partition coefficient (Wildman–Crippen LogP) is 3.50. The summed E-state index contributed by atoms with van der Waals surface area (Å²) in [6, 6.07) is 10.3. The second-order valence-electron chi connectivity index (χ2n) is 10.2. The third-order valence-corrected chi connectivity index (χ3v) is 7.49. The Bertz CT molecular complexity index is 1510. The van der Waals surface area contributed by atoms with Gasteiger partial charge in [-0.25, -0.2) is 13.6 Å². The standard InChI is InChI=1S/C28H28F2N4O5/c29-9-19-15-38-27-24-20(26(35)21(28(36)37)12-34(19)24)8-22(30)25(27)33-11-17(10-31-18-6-7-18)23(13-33)32-39-14-16-4-2-1-3-5-16/h1-5,8,12,17-19,31H,6-7,9-11,13-15H2,(H,36,37)/b32-23-/t17?,19-/m0/s1. The van der Waals surface area contributed by atoms with Crippen LogP contribution < -0.4 is 20.4 Å². The maximum atomic E-state index is 15.7. The lowest BCUT2D eigenvalue weighted by atomic mass is 10.1. The minimum absolute atomic E-state index is 0.0533. The van der Waals surface area contributed by atoms with Crippen molar-refractivity contribution in [3.05, 3.63) is 69.8 Å². The lowest BCUT2D eigenvalue weighted by Gasteiger charge is -2.31. The third kappa shape index (κ3) is 4.82. The zero-order chi connectivity index (χ0) is 27.1. The average molecular weight is 539 g/mol. The maximum Gasteiger partial charge on any atom is 0.341 e. The highest BCUT2D eigenvalue weighted by Gasteiger charge is 2.37. The van der Waals surface area contributed by atoms with E-state index in [-0.39, 0.29) is 41.4 Å². The number of aromatic nitrogens is 1. The number of halogens is 2. The summed E-state index contributed by atoms with van der Waals surface area (Å²) in [6.45, 7) is 0.686. The number of aromatic carboxylic acids is 1. The molecule has 1 saturated heterocycles. The van der Waals surface area contributed by atoms with Gasteiger partial charge in [0.05, 0.1) is 29.2 Å². The van der Waals surface area contributed by atoms with Crippen molar-refractivity contribution in [3.63, 3.8) is 0 Å². The van der Waals surface area contributed by atoms with E-state index in [0.717, 1.165) is 36.4 Å². The van der Waals surface area contributed by atoms with Gasteiger partial charge in [0.25, 0.3) is 0 Å². The summed E-state index contributed by atoms with van der Waals surface area (Å²) < 4.78 is 36.9. The van der Waals surface area contributed by atoms with Crippen molar-refractivity contribution >= 4 is 28.3 Å². The first-order valence-corrected chi connectivity index (χ1v) is 13.0. The number of rotatable bonds is 9. The molecule has 1 aromatic heterocycles. The van der Waals surface area contributed by atoms with Gasteiger partial charge in [0.15, 0.2) is 11.6 Å². The van der Waals surface area contributed by atoms with Gasteiger partial charge in [-0.15, -0.1) is 0 Å². The highest BCUT2D eigenvalue weighted by Crippen LogP contribution is 2.43. The third-order valence-electron chi connectivity index (χ3n) is 7.49. The van der Waals surface area contributed by atoms with Crippen molar-refractivity contribution in [3.8, 4) is 5.75 Å². The number of alkyl halides is 1. The van der Waals surface area contributed by atoms with Crippen LogP contribution in [0.25, 0.3) is 10.9 Å². The van der Waals surface area contributed by atoms with E-state index in [4.69, 9.17) is 9.57 Å². The van der Waals surface area contributed by atoms with Crippen LogP contribution in [0.1, 0.15) is 34.8 Å². The summed E-state index contributed by atoms with van der Waals surface area (Å²) >= 11 is 0. The Morgan fingerprint density at radius 3 is 2.77 bits per heavy atom. The molecular formula is C28H28F2N4O5. The molecule has 0 spiro atoms. The fraction of sp³-hybridized carbons (Fsp3) is 0.393. The second kappa shape index (κ2) is 10.3. The SMILES string of the molecule is O=C(O)c1cn2c3c(c(N4C/C(=N/OCc5ccccc5)C(CNC5CC5)C4)c(F)cc3c1=O)OC[C@@H]2CF. The zero-order valence-electron chi connectivity index (χ0n) is 21.1. The number of hydrogen-bond donors (Lipinski definition) is 2. The van der Waals surface area contributed by atoms with E-state index in [0.29, 0.717) is 25.7 Å². The Balaban J connectivity index is 1.37. The first kappa shape index (κ1) is 25.3. The summed E-state index contributed by atoms with van der Waals surface area (Å²) in [4.78, 5) is 32.1. The van der Waals surface area contributed by atoms with E-state index in [1.54, 1.807) is 4.90 Å².